The van der Waals surface area contributed by atoms with E-state index in [0.717, 1.165) is 25.0 Å². The zero-order chi connectivity index (χ0) is 30.1. The molecular formula is C30H36Cl2F3N3O4. The number of alkyl halides is 3. The number of rotatable bonds is 8. The van der Waals surface area contributed by atoms with E-state index in [1.54, 1.807) is 24.1 Å². The molecule has 1 atom stereocenters. The first-order valence-corrected chi connectivity index (χ1v) is 15.3. The van der Waals surface area contributed by atoms with Crippen molar-refractivity contribution in [3.05, 3.63) is 45.6 Å². The van der Waals surface area contributed by atoms with Gasteiger partial charge in [0.05, 0.1) is 34.3 Å². The fraction of sp³-hybridized carbons (Fsp3) is 0.600. The Morgan fingerprint density at radius 1 is 1.07 bits per heavy atom. The third kappa shape index (κ3) is 6.47. The standard InChI is InChI=1S/C30H36Cl2F3N3O4/c1-41-14-13-38-27(39)24(15-19-5-3-2-4-6-19)36-28(40)29(38)9-11-37(12-10-29)18-21-7-8-25(42-21)26-22(31)16-20(17-23(26)32)30(33,34)35/h7-8,16-17,19,24H,2-6,9-15,18H2,1H3,(H,36,40). The number of methoxy groups -OCH3 is 1. The summed E-state index contributed by atoms with van der Waals surface area (Å²) in [5, 5.41) is 2.78. The van der Waals surface area contributed by atoms with Crippen molar-refractivity contribution in [1.29, 1.82) is 0 Å². The highest BCUT2D eigenvalue weighted by Crippen LogP contribution is 2.41. The predicted octanol–water partition coefficient (Wildman–Crippen LogP) is 6.55. The first kappa shape index (κ1) is 31.2. The van der Waals surface area contributed by atoms with Crippen molar-refractivity contribution in [1.82, 2.24) is 15.1 Å². The molecule has 2 aromatic rings. The highest BCUT2D eigenvalue weighted by molar-refractivity contribution is 6.39. The minimum Gasteiger partial charge on any atom is -0.460 e. The van der Waals surface area contributed by atoms with E-state index in [2.05, 4.69) is 10.2 Å². The van der Waals surface area contributed by atoms with Crippen molar-refractivity contribution in [3.63, 3.8) is 0 Å². The second-order valence-electron chi connectivity index (χ2n) is 11.6. The summed E-state index contributed by atoms with van der Waals surface area (Å²) in [6, 6.07) is 4.54. The van der Waals surface area contributed by atoms with Gasteiger partial charge in [-0.15, -0.1) is 0 Å². The largest absolute Gasteiger partial charge is 0.460 e. The third-order valence-electron chi connectivity index (χ3n) is 8.96. The molecular weight excluding hydrogens is 594 g/mol. The van der Waals surface area contributed by atoms with Gasteiger partial charge in [0.25, 0.3) is 0 Å². The number of carbonyl (C=O) groups is 2. The fourth-order valence-electron chi connectivity index (χ4n) is 6.67. The molecule has 1 aromatic heterocycles. The van der Waals surface area contributed by atoms with Gasteiger partial charge < -0.3 is 19.4 Å². The SMILES string of the molecule is COCCN1C(=O)C(CC2CCCCC2)NC(=O)C12CCN(Cc1ccc(-c3c(Cl)cc(C(F)(F)F)cc3Cl)o1)CC2. The van der Waals surface area contributed by atoms with Crippen LogP contribution >= 0.6 is 23.2 Å². The van der Waals surface area contributed by atoms with E-state index in [4.69, 9.17) is 32.4 Å². The molecule has 2 aliphatic heterocycles. The summed E-state index contributed by atoms with van der Waals surface area (Å²) in [4.78, 5) is 31.2. The number of hydrogen-bond acceptors (Lipinski definition) is 5. The Morgan fingerprint density at radius 2 is 1.74 bits per heavy atom. The van der Waals surface area contributed by atoms with Crippen LogP contribution in [0.1, 0.15) is 62.7 Å². The third-order valence-corrected chi connectivity index (χ3v) is 9.56. The molecule has 1 aliphatic carbocycles. The number of benzene rings is 1. The molecule has 3 heterocycles. The van der Waals surface area contributed by atoms with Crippen LogP contribution < -0.4 is 5.32 Å². The van der Waals surface area contributed by atoms with Gasteiger partial charge in [-0.1, -0.05) is 55.3 Å². The summed E-state index contributed by atoms with van der Waals surface area (Å²) in [5.74, 6) is 1.20. The average molecular weight is 631 g/mol. The minimum atomic E-state index is -4.57. The fourth-order valence-corrected chi connectivity index (χ4v) is 7.34. The molecule has 2 saturated heterocycles. The van der Waals surface area contributed by atoms with Gasteiger partial charge in [0, 0.05) is 26.7 Å². The van der Waals surface area contributed by atoms with Gasteiger partial charge >= 0.3 is 6.18 Å². The van der Waals surface area contributed by atoms with Gasteiger partial charge in [-0.25, -0.2) is 0 Å². The van der Waals surface area contributed by atoms with E-state index in [9.17, 15) is 22.8 Å². The molecule has 230 valence electrons. The number of amides is 2. The van der Waals surface area contributed by atoms with Crippen LogP contribution in [-0.2, 0) is 27.0 Å². The molecule has 7 nitrogen and oxygen atoms in total. The van der Waals surface area contributed by atoms with E-state index in [1.165, 1.54) is 19.3 Å². The average Bonchev–Trinajstić information content (AvgIpc) is 3.40. The summed E-state index contributed by atoms with van der Waals surface area (Å²) in [6.07, 6.45) is 2.83. The monoisotopic (exact) mass is 629 g/mol. The number of likely N-dealkylation sites (tertiary alicyclic amines) is 1. The smallest absolute Gasteiger partial charge is 0.416 e. The Kier molecular flexibility index (Phi) is 9.47. The number of nitrogens with zero attached hydrogens (tertiary/aromatic N) is 2. The van der Waals surface area contributed by atoms with Crippen molar-refractivity contribution < 1.29 is 31.9 Å². The quantitative estimate of drug-likeness (QED) is 0.358. The van der Waals surface area contributed by atoms with E-state index >= 15 is 0 Å². The molecule has 0 radical (unpaired) electrons. The summed E-state index contributed by atoms with van der Waals surface area (Å²) in [5.41, 5.74) is -1.66. The minimum absolute atomic E-state index is 0.0216. The van der Waals surface area contributed by atoms with Crippen molar-refractivity contribution >= 4 is 35.0 Å². The molecule has 0 bridgehead atoms. The van der Waals surface area contributed by atoms with E-state index in [1.807, 2.05) is 0 Å². The maximum atomic E-state index is 13.7. The van der Waals surface area contributed by atoms with Crippen LogP contribution in [0.25, 0.3) is 11.3 Å². The number of nitrogens with one attached hydrogen (secondary N) is 1. The molecule has 2 amide bonds. The Hall–Kier alpha value is -2.27. The zero-order valence-corrected chi connectivity index (χ0v) is 25.1. The highest BCUT2D eigenvalue weighted by atomic mass is 35.5. The lowest BCUT2D eigenvalue weighted by molar-refractivity contribution is -0.162. The number of furan rings is 1. The Labute approximate surface area is 253 Å². The maximum Gasteiger partial charge on any atom is 0.416 e. The number of hydrogen-bond donors (Lipinski definition) is 1. The Balaban J connectivity index is 1.25. The van der Waals surface area contributed by atoms with Crippen molar-refractivity contribution in [3.8, 4) is 11.3 Å². The van der Waals surface area contributed by atoms with E-state index in [-0.39, 0.29) is 33.2 Å². The zero-order valence-electron chi connectivity index (χ0n) is 23.6. The lowest BCUT2D eigenvalue weighted by atomic mass is 9.79. The molecule has 1 aromatic carbocycles. The van der Waals surface area contributed by atoms with Crippen LogP contribution in [0.4, 0.5) is 13.2 Å². The number of ether oxygens (including phenoxy) is 1. The van der Waals surface area contributed by atoms with E-state index < -0.39 is 23.3 Å². The molecule has 3 aliphatic rings. The van der Waals surface area contributed by atoms with Crippen LogP contribution in [0, 0.1) is 5.92 Å². The highest BCUT2D eigenvalue weighted by Gasteiger charge is 2.53. The van der Waals surface area contributed by atoms with Crippen molar-refractivity contribution in [2.24, 2.45) is 5.92 Å². The first-order chi connectivity index (χ1) is 20.0. The van der Waals surface area contributed by atoms with Gasteiger partial charge in [-0.05, 0) is 49.4 Å². The Morgan fingerprint density at radius 3 is 2.36 bits per heavy atom. The lowest BCUT2D eigenvalue weighted by Gasteiger charge is -2.52. The number of carbonyl (C=O) groups excluding carboxylic acids is 2. The number of piperidine rings is 1. The van der Waals surface area contributed by atoms with Gasteiger partial charge in [0.1, 0.15) is 23.1 Å². The summed E-state index contributed by atoms with van der Waals surface area (Å²) in [7, 11) is 1.59. The second kappa shape index (κ2) is 12.8. The van der Waals surface area contributed by atoms with Gasteiger partial charge in [0.2, 0.25) is 11.8 Å². The molecule has 1 spiro atoms. The number of piperazine rings is 1. The predicted molar refractivity (Wildman–Crippen MR) is 153 cm³/mol. The summed E-state index contributed by atoms with van der Waals surface area (Å²) in [6.45, 7) is 2.24. The number of halogens is 5. The first-order valence-electron chi connectivity index (χ1n) is 14.5. The van der Waals surface area contributed by atoms with E-state index in [0.29, 0.717) is 63.7 Å². The van der Waals surface area contributed by atoms with Crippen LogP contribution in [-0.4, -0.2) is 66.5 Å². The molecule has 1 unspecified atom stereocenters. The van der Waals surface area contributed by atoms with Crippen LogP contribution in [0.3, 0.4) is 0 Å². The summed E-state index contributed by atoms with van der Waals surface area (Å²) >= 11 is 12.3. The van der Waals surface area contributed by atoms with Crippen molar-refractivity contribution in [2.75, 3.05) is 33.4 Å². The molecule has 42 heavy (non-hydrogen) atoms. The van der Waals surface area contributed by atoms with Crippen LogP contribution in [0.2, 0.25) is 10.0 Å². The molecule has 5 rings (SSSR count). The maximum absolute atomic E-state index is 13.7. The normalized spacial score (nSPS) is 22.1. The van der Waals surface area contributed by atoms with Crippen molar-refractivity contribution in [2.45, 2.75) is 75.7 Å². The van der Waals surface area contributed by atoms with Crippen LogP contribution in [0.15, 0.2) is 28.7 Å². The molecule has 12 heteroatoms. The van der Waals surface area contributed by atoms with Gasteiger partial charge in [-0.2, -0.15) is 13.2 Å². The molecule has 1 saturated carbocycles. The molecule has 1 N–H and O–H groups in total. The topological polar surface area (TPSA) is 75.0 Å². The lowest BCUT2D eigenvalue weighted by Crippen LogP contribution is -2.73. The van der Waals surface area contributed by atoms with Gasteiger partial charge in [0.15, 0.2) is 0 Å². The Bertz CT molecular complexity index is 1260. The van der Waals surface area contributed by atoms with Crippen LogP contribution in [0.5, 0.6) is 0 Å². The van der Waals surface area contributed by atoms with Gasteiger partial charge in [-0.3, -0.25) is 14.5 Å². The summed E-state index contributed by atoms with van der Waals surface area (Å²) < 4.78 is 50.6. The second-order valence-corrected chi connectivity index (χ2v) is 12.4. The molecule has 3 fully saturated rings.